The van der Waals surface area contributed by atoms with Gasteiger partial charge >= 0.3 is 0 Å². The van der Waals surface area contributed by atoms with Gasteiger partial charge in [-0.05, 0) is 51.1 Å². The third-order valence-electron chi connectivity index (χ3n) is 6.14. The van der Waals surface area contributed by atoms with E-state index in [1.165, 1.54) is 12.8 Å². The Kier molecular flexibility index (Phi) is 4.94. The molecule has 2 saturated heterocycles. The number of carbonyl (C=O) groups is 2. The van der Waals surface area contributed by atoms with Crippen molar-refractivity contribution in [2.75, 3.05) is 38.0 Å². The molecule has 1 aromatic rings. The summed E-state index contributed by atoms with van der Waals surface area (Å²) in [6.07, 6.45) is 5.73. The van der Waals surface area contributed by atoms with Gasteiger partial charge < -0.3 is 15.3 Å². The van der Waals surface area contributed by atoms with Gasteiger partial charge in [0.25, 0.3) is 0 Å². The molecule has 0 bridgehead atoms. The van der Waals surface area contributed by atoms with E-state index in [4.69, 9.17) is 0 Å². The van der Waals surface area contributed by atoms with Crippen molar-refractivity contribution in [1.82, 2.24) is 19.6 Å². The molecule has 1 aromatic heterocycles. The van der Waals surface area contributed by atoms with Crippen molar-refractivity contribution in [3.8, 4) is 0 Å². The number of aliphatic hydroxyl groups is 1. The lowest BCUT2D eigenvalue weighted by molar-refractivity contribution is -0.156. The first kappa shape index (κ1) is 18.4. The second kappa shape index (κ2) is 7.24. The minimum Gasteiger partial charge on any atom is -0.391 e. The van der Waals surface area contributed by atoms with Crippen LogP contribution in [-0.4, -0.2) is 75.3 Å². The lowest BCUT2D eigenvalue weighted by Crippen LogP contribution is -2.58. The predicted octanol–water partition coefficient (Wildman–Crippen LogP) is 0.444. The van der Waals surface area contributed by atoms with Crippen molar-refractivity contribution in [2.24, 2.45) is 18.4 Å². The fourth-order valence-corrected chi connectivity index (χ4v) is 4.47. The lowest BCUT2D eigenvalue weighted by Gasteiger charge is -2.48. The standard InChI is InChI=1S/C19H29N5O3/c1-22-7-4-16(21-22)20-17(26)13-23-8-5-19(6-9-23)10-15(25)12-24(18(19)27)11-14-2-3-14/h4,7,14-15,25H,2-3,5-6,8-13H2,1H3,(H,20,21,26). The number of hydrogen-bond acceptors (Lipinski definition) is 5. The van der Waals surface area contributed by atoms with Crippen LogP contribution in [0.4, 0.5) is 5.82 Å². The molecule has 1 unspecified atom stereocenters. The maximum Gasteiger partial charge on any atom is 0.239 e. The van der Waals surface area contributed by atoms with E-state index in [0.717, 1.165) is 6.54 Å². The molecule has 2 aliphatic heterocycles. The summed E-state index contributed by atoms with van der Waals surface area (Å²) >= 11 is 0. The lowest BCUT2D eigenvalue weighted by atomic mass is 9.71. The summed E-state index contributed by atoms with van der Waals surface area (Å²) in [5.74, 6) is 1.32. The number of hydrogen-bond donors (Lipinski definition) is 2. The van der Waals surface area contributed by atoms with E-state index in [9.17, 15) is 14.7 Å². The van der Waals surface area contributed by atoms with E-state index in [1.54, 1.807) is 16.9 Å². The van der Waals surface area contributed by atoms with E-state index in [0.29, 0.717) is 57.2 Å². The fraction of sp³-hybridized carbons (Fsp3) is 0.737. The first-order valence-corrected chi connectivity index (χ1v) is 9.93. The molecule has 1 atom stereocenters. The highest BCUT2D eigenvalue weighted by atomic mass is 16.3. The number of piperidine rings is 2. The van der Waals surface area contributed by atoms with Crippen molar-refractivity contribution in [3.05, 3.63) is 12.3 Å². The normalized spacial score (nSPS) is 25.8. The molecule has 1 spiro atoms. The zero-order valence-corrected chi connectivity index (χ0v) is 15.9. The second-order valence-corrected chi connectivity index (χ2v) is 8.49. The van der Waals surface area contributed by atoms with Crippen molar-refractivity contribution < 1.29 is 14.7 Å². The van der Waals surface area contributed by atoms with Gasteiger partial charge in [0.2, 0.25) is 11.8 Å². The van der Waals surface area contributed by atoms with Crippen LogP contribution in [0.3, 0.4) is 0 Å². The Hall–Kier alpha value is -1.93. The zero-order valence-electron chi connectivity index (χ0n) is 15.9. The number of amides is 2. The van der Waals surface area contributed by atoms with Crippen LogP contribution in [0.5, 0.6) is 0 Å². The average molecular weight is 375 g/mol. The zero-order chi connectivity index (χ0) is 19.0. The van der Waals surface area contributed by atoms with Gasteiger partial charge in [-0.25, -0.2) is 0 Å². The van der Waals surface area contributed by atoms with Gasteiger partial charge in [0.05, 0.1) is 18.1 Å². The van der Waals surface area contributed by atoms with Gasteiger partial charge in [0.1, 0.15) is 0 Å². The fourth-order valence-electron chi connectivity index (χ4n) is 4.47. The average Bonchev–Trinajstić information content (AvgIpc) is 3.35. The van der Waals surface area contributed by atoms with Gasteiger partial charge in [-0.15, -0.1) is 0 Å². The summed E-state index contributed by atoms with van der Waals surface area (Å²) in [5.41, 5.74) is -0.444. The van der Waals surface area contributed by atoms with Crippen molar-refractivity contribution in [2.45, 2.75) is 38.2 Å². The Morgan fingerprint density at radius 1 is 1.37 bits per heavy atom. The highest BCUT2D eigenvalue weighted by molar-refractivity contribution is 5.91. The van der Waals surface area contributed by atoms with Crippen molar-refractivity contribution >= 4 is 17.6 Å². The number of nitrogens with zero attached hydrogens (tertiary/aromatic N) is 4. The molecule has 3 fully saturated rings. The minimum atomic E-state index is -0.444. The molecular weight excluding hydrogens is 346 g/mol. The van der Waals surface area contributed by atoms with Crippen molar-refractivity contribution in [1.29, 1.82) is 0 Å². The molecule has 3 aliphatic rings. The Balaban J connectivity index is 1.31. The first-order valence-electron chi connectivity index (χ1n) is 9.93. The minimum absolute atomic E-state index is 0.0879. The molecule has 8 heteroatoms. The van der Waals surface area contributed by atoms with E-state index in [-0.39, 0.29) is 11.8 Å². The van der Waals surface area contributed by atoms with Gasteiger partial charge in [-0.2, -0.15) is 5.10 Å². The van der Waals surface area contributed by atoms with E-state index >= 15 is 0 Å². The second-order valence-electron chi connectivity index (χ2n) is 8.49. The number of carbonyl (C=O) groups excluding carboxylic acids is 2. The van der Waals surface area contributed by atoms with Gasteiger partial charge in [0.15, 0.2) is 5.82 Å². The van der Waals surface area contributed by atoms with Crippen molar-refractivity contribution in [3.63, 3.8) is 0 Å². The number of β-amino-alcohol motifs (C(OH)–C–C–N with tert-alkyl or cyclic N) is 1. The molecule has 148 valence electrons. The predicted molar refractivity (Wildman–Crippen MR) is 99.9 cm³/mol. The Bertz CT molecular complexity index is 704. The third-order valence-corrected chi connectivity index (χ3v) is 6.14. The molecule has 2 amide bonds. The molecule has 0 radical (unpaired) electrons. The van der Waals surface area contributed by atoms with E-state index in [1.807, 2.05) is 11.9 Å². The Morgan fingerprint density at radius 3 is 2.74 bits per heavy atom. The van der Waals surface area contributed by atoms with E-state index < -0.39 is 11.5 Å². The molecule has 3 heterocycles. The quantitative estimate of drug-likeness (QED) is 0.780. The summed E-state index contributed by atoms with van der Waals surface area (Å²) in [6.45, 7) is 2.98. The molecular formula is C19H29N5O3. The maximum absolute atomic E-state index is 13.1. The van der Waals surface area contributed by atoms with Crippen LogP contribution in [0.2, 0.25) is 0 Å². The smallest absolute Gasteiger partial charge is 0.239 e. The molecule has 1 saturated carbocycles. The third kappa shape index (κ3) is 4.16. The first-order chi connectivity index (χ1) is 12.9. The van der Waals surface area contributed by atoms with Crippen LogP contribution in [0.1, 0.15) is 32.1 Å². The summed E-state index contributed by atoms with van der Waals surface area (Å²) in [6, 6.07) is 1.76. The Labute approximate surface area is 159 Å². The Morgan fingerprint density at radius 2 is 2.11 bits per heavy atom. The van der Waals surface area contributed by atoms with Gasteiger partial charge in [-0.3, -0.25) is 19.2 Å². The maximum atomic E-state index is 13.1. The number of likely N-dealkylation sites (tertiary alicyclic amines) is 2. The molecule has 2 N–H and O–H groups in total. The highest BCUT2D eigenvalue weighted by Gasteiger charge is 2.49. The summed E-state index contributed by atoms with van der Waals surface area (Å²) in [7, 11) is 1.81. The van der Waals surface area contributed by atoms with Crippen LogP contribution in [0.25, 0.3) is 0 Å². The van der Waals surface area contributed by atoms with Gasteiger partial charge in [0, 0.05) is 32.4 Å². The van der Waals surface area contributed by atoms with Crippen LogP contribution >= 0.6 is 0 Å². The van der Waals surface area contributed by atoms with Crippen LogP contribution in [0, 0.1) is 11.3 Å². The summed E-state index contributed by atoms with van der Waals surface area (Å²) in [5, 5.41) is 17.3. The molecule has 1 aliphatic carbocycles. The summed E-state index contributed by atoms with van der Waals surface area (Å²) < 4.78 is 1.65. The summed E-state index contributed by atoms with van der Waals surface area (Å²) in [4.78, 5) is 29.3. The molecule has 4 rings (SSSR count). The SMILES string of the molecule is Cn1ccc(NC(=O)CN2CCC3(CC2)CC(O)CN(CC2CC2)C3=O)n1. The number of rotatable bonds is 5. The number of aryl methyl sites for hydroxylation is 1. The monoisotopic (exact) mass is 375 g/mol. The number of aromatic nitrogens is 2. The van der Waals surface area contributed by atoms with E-state index in [2.05, 4.69) is 15.3 Å². The molecule has 27 heavy (non-hydrogen) atoms. The number of aliphatic hydroxyl groups excluding tert-OH is 1. The van der Waals surface area contributed by atoms with Gasteiger partial charge in [-0.1, -0.05) is 0 Å². The van der Waals surface area contributed by atoms with Crippen LogP contribution in [0.15, 0.2) is 12.3 Å². The molecule has 0 aromatic carbocycles. The highest BCUT2D eigenvalue weighted by Crippen LogP contribution is 2.42. The number of anilines is 1. The van der Waals surface area contributed by atoms with Crippen LogP contribution < -0.4 is 5.32 Å². The van der Waals surface area contributed by atoms with Crippen LogP contribution in [-0.2, 0) is 16.6 Å². The topological polar surface area (TPSA) is 90.7 Å². The molecule has 8 nitrogen and oxygen atoms in total. The largest absolute Gasteiger partial charge is 0.391 e. The number of nitrogens with one attached hydrogen (secondary N) is 1.